The van der Waals surface area contributed by atoms with Gasteiger partial charge in [-0.25, -0.2) is 4.98 Å². The highest BCUT2D eigenvalue weighted by Gasteiger charge is 2.65. The topological polar surface area (TPSA) is 103 Å². The van der Waals surface area contributed by atoms with E-state index in [4.69, 9.17) is 0 Å². The second-order valence-corrected chi connectivity index (χ2v) is 13.3. The van der Waals surface area contributed by atoms with Gasteiger partial charge in [0, 0.05) is 12.1 Å². The lowest BCUT2D eigenvalue weighted by molar-refractivity contribution is -0.207. The summed E-state index contributed by atoms with van der Waals surface area (Å²) < 4.78 is 0. The summed E-state index contributed by atoms with van der Waals surface area (Å²) in [6, 6.07) is 5.63. The number of carbonyl (C=O) groups excluding carboxylic acids is 1. The maximum atomic E-state index is 12.6. The molecule has 0 aliphatic heterocycles. The molecule has 1 aromatic heterocycles. The second kappa shape index (κ2) is 9.67. The predicted molar refractivity (Wildman–Crippen MR) is 140 cm³/mol. The lowest BCUT2D eigenvalue weighted by atomic mass is 9.43. The molecule has 36 heavy (non-hydrogen) atoms. The normalized spacial score (nSPS) is 44.8. The number of anilines is 1. The fourth-order valence-corrected chi connectivity index (χ4v) is 9.51. The zero-order valence-corrected chi connectivity index (χ0v) is 22.5. The molecule has 0 saturated heterocycles. The largest absolute Gasteiger partial charge is 0.393 e. The summed E-state index contributed by atoms with van der Waals surface area (Å²) in [6.45, 7) is 8.80. The van der Waals surface area contributed by atoms with Gasteiger partial charge in [0.05, 0.1) is 18.3 Å². The fraction of sp³-hybridized carbons (Fsp3) is 0.800. The molecule has 4 aliphatic rings. The molecule has 0 bridgehead atoms. The minimum atomic E-state index is -0.390. The molecule has 4 aliphatic carbocycles. The third kappa shape index (κ3) is 4.31. The highest BCUT2D eigenvalue weighted by Crippen LogP contribution is 2.68. The molecule has 6 nitrogen and oxygen atoms in total. The highest BCUT2D eigenvalue weighted by molar-refractivity contribution is 5.89. The lowest BCUT2D eigenvalue weighted by Crippen LogP contribution is -2.62. The van der Waals surface area contributed by atoms with Crippen LogP contribution in [0.3, 0.4) is 0 Å². The quantitative estimate of drug-likeness (QED) is 0.471. The Morgan fingerprint density at radius 2 is 1.89 bits per heavy atom. The summed E-state index contributed by atoms with van der Waals surface area (Å²) in [5, 5.41) is 36.4. The van der Waals surface area contributed by atoms with Crippen LogP contribution in [-0.2, 0) is 4.79 Å². The minimum Gasteiger partial charge on any atom is -0.393 e. The van der Waals surface area contributed by atoms with Gasteiger partial charge in [-0.15, -0.1) is 0 Å². The van der Waals surface area contributed by atoms with Gasteiger partial charge < -0.3 is 20.6 Å². The van der Waals surface area contributed by atoms with Gasteiger partial charge in [0.15, 0.2) is 0 Å². The van der Waals surface area contributed by atoms with E-state index in [-0.39, 0.29) is 34.9 Å². The first kappa shape index (κ1) is 26.1. The minimum absolute atomic E-state index is 0.00920. The number of fused-ring (bicyclic) bond motifs is 5. The van der Waals surface area contributed by atoms with E-state index >= 15 is 0 Å². The number of hydrogen-bond acceptors (Lipinski definition) is 5. The van der Waals surface area contributed by atoms with E-state index < -0.39 is 6.10 Å². The van der Waals surface area contributed by atoms with Gasteiger partial charge in [0.25, 0.3) is 0 Å². The molecular weight excluding hydrogens is 452 g/mol. The fourth-order valence-electron chi connectivity index (χ4n) is 9.51. The van der Waals surface area contributed by atoms with Crippen molar-refractivity contribution in [1.82, 2.24) is 4.98 Å². The van der Waals surface area contributed by atoms with Crippen LogP contribution in [0, 0.1) is 53.3 Å². The van der Waals surface area contributed by atoms with Gasteiger partial charge in [-0.3, -0.25) is 4.79 Å². The van der Waals surface area contributed by atoms with E-state index in [0.29, 0.717) is 41.8 Å². The second-order valence-electron chi connectivity index (χ2n) is 13.3. The van der Waals surface area contributed by atoms with Gasteiger partial charge >= 0.3 is 0 Å². The van der Waals surface area contributed by atoms with Crippen molar-refractivity contribution >= 4 is 11.7 Å². The number of aliphatic hydroxyl groups excluding tert-OH is 3. The maximum absolute atomic E-state index is 12.6. The van der Waals surface area contributed by atoms with Crippen molar-refractivity contribution in [1.29, 1.82) is 0 Å². The third-order valence-electron chi connectivity index (χ3n) is 11.5. The van der Waals surface area contributed by atoms with E-state index in [2.05, 4.69) is 31.1 Å². The van der Waals surface area contributed by atoms with E-state index in [1.807, 2.05) is 25.1 Å². The first-order valence-electron chi connectivity index (χ1n) is 14.3. The molecule has 6 heteroatoms. The summed E-state index contributed by atoms with van der Waals surface area (Å²) in [5.41, 5.74) is 0.745. The van der Waals surface area contributed by atoms with Gasteiger partial charge in [-0.05, 0) is 117 Å². The van der Waals surface area contributed by atoms with Crippen LogP contribution < -0.4 is 5.32 Å². The van der Waals surface area contributed by atoms with Gasteiger partial charge in [-0.2, -0.15) is 0 Å². The summed E-state index contributed by atoms with van der Waals surface area (Å²) in [5.74, 6) is 2.43. The third-order valence-corrected chi connectivity index (χ3v) is 11.5. The number of pyridine rings is 1. The van der Waals surface area contributed by atoms with Crippen LogP contribution >= 0.6 is 0 Å². The first-order valence-corrected chi connectivity index (χ1v) is 14.3. The summed E-state index contributed by atoms with van der Waals surface area (Å²) in [4.78, 5) is 17.0. The summed E-state index contributed by atoms with van der Waals surface area (Å²) in [6.07, 6.45) is 6.49. The van der Waals surface area contributed by atoms with Crippen LogP contribution in [0.1, 0.15) is 84.3 Å². The average Bonchev–Trinajstić information content (AvgIpc) is 3.18. The van der Waals surface area contributed by atoms with Crippen molar-refractivity contribution in [3.8, 4) is 0 Å². The molecule has 200 valence electrons. The monoisotopic (exact) mass is 498 g/mol. The molecule has 0 aromatic carbocycles. The zero-order chi connectivity index (χ0) is 25.8. The molecule has 1 amide bonds. The summed E-state index contributed by atoms with van der Waals surface area (Å²) in [7, 11) is 0. The Bertz CT molecular complexity index is 970. The van der Waals surface area contributed by atoms with Crippen molar-refractivity contribution in [2.45, 2.75) is 104 Å². The number of aliphatic hydroxyl groups is 3. The Morgan fingerprint density at radius 3 is 2.64 bits per heavy atom. The van der Waals surface area contributed by atoms with Crippen LogP contribution in [-0.4, -0.2) is 44.5 Å². The molecule has 4 saturated carbocycles. The number of hydrogen-bond donors (Lipinski definition) is 4. The highest BCUT2D eigenvalue weighted by atomic mass is 16.3. The van der Waals surface area contributed by atoms with Crippen LogP contribution in [0.2, 0.25) is 0 Å². The lowest BCUT2D eigenvalue weighted by Gasteiger charge is -2.63. The zero-order valence-electron chi connectivity index (χ0n) is 22.5. The van der Waals surface area contributed by atoms with E-state index in [1.54, 1.807) is 0 Å². The van der Waals surface area contributed by atoms with Crippen molar-refractivity contribution in [3.63, 3.8) is 0 Å². The Balaban J connectivity index is 1.28. The smallest absolute Gasteiger partial charge is 0.225 e. The molecule has 1 heterocycles. The first-order chi connectivity index (χ1) is 17.0. The van der Waals surface area contributed by atoms with Crippen LogP contribution in [0.25, 0.3) is 0 Å². The molecule has 11 unspecified atom stereocenters. The average molecular weight is 499 g/mol. The van der Waals surface area contributed by atoms with Gasteiger partial charge in [-0.1, -0.05) is 26.8 Å². The molecule has 11 atom stereocenters. The van der Waals surface area contributed by atoms with Crippen molar-refractivity contribution < 1.29 is 20.1 Å². The number of aromatic nitrogens is 1. The number of nitrogens with zero attached hydrogens (tertiary/aromatic N) is 1. The standard InChI is InChI=1S/C30H46N2O4/c1-17(8-11-27(36)32-26-7-5-6-18(2)31-26)21-9-10-22-28-23(16-25(35)30(21,22)4)29(3)13-12-20(33)14-19(29)15-24(28)34/h5-7,17,19-25,28,33-35H,8-16H2,1-4H3,(H,31,32,36). The molecule has 0 spiro atoms. The Kier molecular flexibility index (Phi) is 7.01. The van der Waals surface area contributed by atoms with Crippen molar-refractivity contribution in [3.05, 3.63) is 23.9 Å². The van der Waals surface area contributed by atoms with E-state index in [0.717, 1.165) is 57.1 Å². The van der Waals surface area contributed by atoms with Crippen molar-refractivity contribution in [2.24, 2.45) is 46.3 Å². The maximum Gasteiger partial charge on any atom is 0.225 e. The van der Waals surface area contributed by atoms with Crippen LogP contribution in [0.5, 0.6) is 0 Å². The molecule has 0 radical (unpaired) electrons. The number of amides is 1. The Morgan fingerprint density at radius 1 is 1.11 bits per heavy atom. The number of carbonyl (C=O) groups is 1. The summed E-state index contributed by atoms with van der Waals surface area (Å²) >= 11 is 0. The van der Waals surface area contributed by atoms with Gasteiger partial charge in [0.2, 0.25) is 5.91 Å². The number of aryl methyl sites for hydroxylation is 1. The SMILES string of the molecule is Cc1cccc(NC(=O)CCC(C)C2CCC3C4C(O)CC5CC(O)CCC5(C)C4CC(O)C23C)n1. The molecule has 4 N–H and O–H groups in total. The van der Waals surface area contributed by atoms with E-state index in [9.17, 15) is 20.1 Å². The molecule has 4 fully saturated rings. The molecule has 5 rings (SSSR count). The van der Waals surface area contributed by atoms with Crippen LogP contribution in [0.15, 0.2) is 18.2 Å². The number of rotatable bonds is 5. The molecule has 1 aromatic rings. The van der Waals surface area contributed by atoms with E-state index in [1.165, 1.54) is 0 Å². The Labute approximate surface area is 216 Å². The molecular formula is C30H46N2O4. The number of nitrogens with one attached hydrogen (secondary N) is 1. The Hall–Kier alpha value is -1.50. The van der Waals surface area contributed by atoms with Crippen molar-refractivity contribution in [2.75, 3.05) is 5.32 Å². The van der Waals surface area contributed by atoms with Crippen LogP contribution in [0.4, 0.5) is 5.82 Å². The van der Waals surface area contributed by atoms with Gasteiger partial charge in [0.1, 0.15) is 5.82 Å². The predicted octanol–water partition coefficient (Wildman–Crippen LogP) is 4.71.